The second kappa shape index (κ2) is 4.71. The average Bonchev–Trinajstić information content (AvgIpc) is 2.18. The Balaban J connectivity index is 3.34. The first kappa shape index (κ1) is 13.4. The van der Waals surface area contributed by atoms with E-state index >= 15 is 0 Å². The highest BCUT2D eigenvalue weighted by Crippen LogP contribution is 2.38. The summed E-state index contributed by atoms with van der Waals surface area (Å²) in [4.78, 5) is 3.11. The third-order valence-corrected chi connectivity index (χ3v) is 1.95. The van der Waals surface area contributed by atoms with Gasteiger partial charge in [-0.3, -0.25) is 0 Å². The van der Waals surface area contributed by atoms with Crippen LogP contribution in [0.5, 0.6) is 5.75 Å². The molecule has 0 saturated carbocycles. The zero-order valence-electron chi connectivity index (χ0n) is 7.73. The van der Waals surface area contributed by atoms with Gasteiger partial charge >= 0.3 is 6.36 Å². The minimum absolute atomic E-state index is 0.523. The van der Waals surface area contributed by atoms with E-state index in [1.807, 2.05) is 0 Å². The molecule has 0 spiro atoms. The zero-order valence-corrected chi connectivity index (χ0v) is 8.48. The number of rotatable bonds is 2. The van der Waals surface area contributed by atoms with E-state index in [2.05, 4.69) is 9.72 Å². The number of nitrogens with zero attached hydrogens (tertiary/aromatic N) is 2. The summed E-state index contributed by atoms with van der Waals surface area (Å²) in [6.45, 7) is 0. The minimum atomic E-state index is -5.16. The maximum Gasteiger partial charge on any atom is 0.573 e. The summed E-state index contributed by atoms with van der Waals surface area (Å²) < 4.78 is 64.0. The molecule has 0 aliphatic rings. The first-order chi connectivity index (χ1) is 7.76. The first-order valence-corrected chi connectivity index (χ1v) is 4.26. The van der Waals surface area contributed by atoms with E-state index in [4.69, 9.17) is 16.9 Å². The Morgan fingerprint density at radius 3 is 2.41 bits per heavy atom. The van der Waals surface area contributed by atoms with Crippen LogP contribution >= 0.6 is 11.6 Å². The fourth-order valence-corrected chi connectivity index (χ4v) is 1.18. The fourth-order valence-electron chi connectivity index (χ4n) is 0.925. The minimum Gasteiger partial charge on any atom is -0.401 e. The Morgan fingerprint density at radius 2 is 2.00 bits per heavy atom. The zero-order chi connectivity index (χ0) is 13.2. The molecule has 0 atom stereocenters. The predicted octanol–water partition coefficient (Wildman–Crippen LogP) is 3.44. The number of aromatic nitrogens is 1. The average molecular weight is 273 g/mol. The Morgan fingerprint density at radius 1 is 1.41 bits per heavy atom. The molecule has 0 unspecified atom stereocenters. The number of pyridine rings is 1. The molecule has 3 nitrogen and oxygen atoms in total. The molecular formula is C8H2ClF5N2O. The van der Waals surface area contributed by atoms with Gasteiger partial charge in [-0.05, 0) is 0 Å². The summed E-state index contributed by atoms with van der Waals surface area (Å²) in [6, 6.07) is 1.26. The van der Waals surface area contributed by atoms with Crippen LogP contribution in [0.1, 0.15) is 17.7 Å². The molecular weight excluding hydrogens is 271 g/mol. The summed E-state index contributed by atoms with van der Waals surface area (Å²) in [5.41, 5.74) is -1.76. The van der Waals surface area contributed by atoms with E-state index < -0.39 is 34.8 Å². The molecule has 0 radical (unpaired) electrons. The quantitative estimate of drug-likeness (QED) is 0.775. The third-order valence-electron chi connectivity index (χ3n) is 1.56. The van der Waals surface area contributed by atoms with Crippen LogP contribution in [0.2, 0.25) is 5.02 Å². The van der Waals surface area contributed by atoms with Crippen molar-refractivity contribution in [1.82, 2.24) is 4.98 Å². The van der Waals surface area contributed by atoms with Crippen LogP contribution in [0.15, 0.2) is 6.20 Å². The Bertz CT molecular complexity index is 468. The lowest BCUT2D eigenvalue weighted by Crippen LogP contribution is -2.19. The van der Waals surface area contributed by atoms with Gasteiger partial charge in [-0.15, -0.1) is 13.2 Å². The number of nitriles is 1. The lowest BCUT2D eigenvalue weighted by Gasteiger charge is -2.13. The summed E-state index contributed by atoms with van der Waals surface area (Å²) in [6.07, 6.45) is -7.76. The van der Waals surface area contributed by atoms with E-state index in [-0.39, 0.29) is 0 Å². The molecule has 1 rings (SSSR count). The van der Waals surface area contributed by atoms with Gasteiger partial charge in [0.25, 0.3) is 6.43 Å². The molecule has 0 aliphatic carbocycles. The maximum absolute atomic E-state index is 12.3. The van der Waals surface area contributed by atoms with Crippen molar-refractivity contribution >= 4 is 11.6 Å². The Hall–Kier alpha value is -1.62. The highest BCUT2D eigenvalue weighted by molar-refractivity contribution is 6.33. The van der Waals surface area contributed by atoms with Crippen molar-refractivity contribution < 1.29 is 26.7 Å². The van der Waals surface area contributed by atoms with E-state index in [1.165, 1.54) is 6.07 Å². The van der Waals surface area contributed by atoms with E-state index in [1.54, 1.807) is 0 Å². The van der Waals surface area contributed by atoms with E-state index in [9.17, 15) is 22.0 Å². The number of hydrogen-bond acceptors (Lipinski definition) is 3. The summed E-state index contributed by atoms with van der Waals surface area (Å²) in [5, 5.41) is 7.48. The van der Waals surface area contributed by atoms with Crippen LogP contribution in [-0.4, -0.2) is 11.3 Å². The number of alkyl halides is 5. The van der Waals surface area contributed by atoms with Crippen LogP contribution < -0.4 is 4.74 Å². The molecule has 1 aromatic rings. The first-order valence-electron chi connectivity index (χ1n) is 3.88. The van der Waals surface area contributed by atoms with Gasteiger partial charge in [0, 0.05) is 6.20 Å². The van der Waals surface area contributed by atoms with Gasteiger partial charge in [0.05, 0.1) is 10.6 Å². The topological polar surface area (TPSA) is 45.9 Å². The summed E-state index contributed by atoms with van der Waals surface area (Å²) >= 11 is 5.30. The second-order valence-corrected chi connectivity index (χ2v) is 3.04. The second-order valence-electron chi connectivity index (χ2n) is 2.67. The molecule has 0 N–H and O–H groups in total. The number of hydrogen-bond donors (Lipinski definition) is 0. The molecule has 92 valence electrons. The largest absolute Gasteiger partial charge is 0.573 e. The highest BCUT2D eigenvalue weighted by Gasteiger charge is 2.35. The molecule has 0 aliphatic heterocycles. The molecule has 0 saturated heterocycles. The van der Waals surface area contributed by atoms with Crippen molar-refractivity contribution in [2.24, 2.45) is 0 Å². The summed E-state index contributed by atoms with van der Waals surface area (Å²) in [7, 11) is 0. The summed E-state index contributed by atoms with van der Waals surface area (Å²) in [5.74, 6) is -1.22. The van der Waals surface area contributed by atoms with Gasteiger partial charge in [0.15, 0.2) is 11.4 Å². The van der Waals surface area contributed by atoms with Crippen LogP contribution in [0.25, 0.3) is 0 Å². The Labute approximate surface area is 96.4 Å². The molecule has 0 fully saturated rings. The number of halogens is 6. The standard InChI is InChI=1S/C8H2ClF5N2O/c9-5-3(7(10)11)2-16-4(1-15)6(5)17-8(12,13)14/h2,7H. The van der Waals surface area contributed by atoms with Crippen LogP contribution in [0.3, 0.4) is 0 Å². The molecule has 0 bridgehead atoms. The van der Waals surface area contributed by atoms with Gasteiger partial charge < -0.3 is 4.74 Å². The van der Waals surface area contributed by atoms with Crippen molar-refractivity contribution in [2.45, 2.75) is 12.8 Å². The number of ether oxygens (including phenoxy) is 1. The van der Waals surface area contributed by atoms with E-state index in [0.29, 0.717) is 6.20 Å². The molecule has 9 heteroatoms. The maximum atomic E-state index is 12.3. The van der Waals surface area contributed by atoms with Gasteiger partial charge in [0.1, 0.15) is 6.07 Å². The lowest BCUT2D eigenvalue weighted by atomic mass is 10.2. The van der Waals surface area contributed by atoms with Crippen molar-refractivity contribution in [3.05, 3.63) is 22.5 Å². The molecule has 1 heterocycles. The van der Waals surface area contributed by atoms with Gasteiger partial charge in [-0.25, -0.2) is 13.8 Å². The van der Waals surface area contributed by atoms with Crippen molar-refractivity contribution in [1.29, 1.82) is 5.26 Å². The smallest absolute Gasteiger partial charge is 0.401 e. The molecule has 0 amide bonds. The predicted molar refractivity (Wildman–Crippen MR) is 45.6 cm³/mol. The van der Waals surface area contributed by atoms with Gasteiger partial charge in [-0.1, -0.05) is 11.6 Å². The normalized spacial score (nSPS) is 11.4. The van der Waals surface area contributed by atoms with E-state index in [0.717, 1.165) is 0 Å². The SMILES string of the molecule is N#Cc1ncc(C(F)F)c(Cl)c1OC(F)(F)F. The van der Waals surface area contributed by atoms with Crippen molar-refractivity contribution in [2.75, 3.05) is 0 Å². The van der Waals surface area contributed by atoms with Crippen molar-refractivity contribution in [3.8, 4) is 11.8 Å². The fraction of sp³-hybridized carbons (Fsp3) is 0.250. The Kier molecular flexibility index (Phi) is 3.72. The van der Waals surface area contributed by atoms with Crippen LogP contribution in [-0.2, 0) is 0 Å². The lowest BCUT2D eigenvalue weighted by molar-refractivity contribution is -0.274. The third kappa shape index (κ3) is 3.17. The van der Waals surface area contributed by atoms with Crippen LogP contribution in [0.4, 0.5) is 22.0 Å². The molecule has 0 aromatic carbocycles. The van der Waals surface area contributed by atoms with Gasteiger partial charge in [-0.2, -0.15) is 5.26 Å². The highest BCUT2D eigenvalue weighted by atomic mass is 35.5. The van der Waals surface area contributed by atoms with Crippen molar-refractivity contribution in [3.63, 3.8) is 0 Å². The van der Waals surface area contributed by atoms with Crippen LogP contribution in [0, 0.1) is 11.3 Å². The monoisotopic (exact) mass is 272 g/mol. The molecule has 17 heavy (non-hydrogen) atoms. The van der Waals surface area contributed by atoms with Gasteiger partial charge in [0.2, 0.25) is 0 Å². The molecule has 1 aromatic heterocycles.